The van der Waals surface area contributed by atoms with Crippen molar-refractivity contribution in [2.75, 3.05) is 0 Å². The number of benzene rings is 1. The molecule has 0 atom stereocenters. The number of carbonyl (C=O) groups is 2. The van der Waals surface area contributed by atoms with Crippen LogP contribution in [0, 0.1) is 0 Å². The molecule has 2 rings (SSSR count). The van der Waals surface area contributed by atoms with E-state index in [1.54, 1.807) is 30.6 Å². The predicted molar refractivity (Wildman–Crippen MR) is 64.1 cm³/mol. The van der Waals surface area contributed by atoms with Gasteiger partial charge in [0, 0.05) is 18.0 Å². The molecule has 2 aromatic rings. The number of carboxylic acids is 1. The van der Waals surface area contributed by atoms with E-state index in [2.05, 4.69) is 4.98 Å². The Morgan fingerprint density at radius 3 is 2.32 bits per heavy atom. The number of carbonyl (C=O) groups excluding carboxylic acids is 2. The summed E-state index contributed by atoms with van der Waals surface area (Å²) in [4.78, 5) is 26.5. The molecule has 0 spiro atoms. The van der Waals surface area contributed by atoms with Gasteiger partial charge < -0.3 is 14.6 Å². The lowest BCUT2D eigenvalue weighted by molar-refractivity contribution is -0.255. The zero-order valence-corrected chi connectivity index (χ0v) is 9.91. The normalized spacial score (nSPS) is 9.89. The van der Waals surface area contributed by atoms with Crippen molar-refractivity contribution in [3.8, 4) is 0 Å². The molecule has 0 fully saturated rings. The molecular formula is C14H10NO4-. The molecular weight excluding hydrogens is 246 g/mol. The van der Waals surface area contributed by atoms with E-state index in [0.29, 0.717) is 0 Å². The summed E-state index contributed by atoms with van der Waals surface area (Å²) in [6, 6.07) is 9.19. The molecule has 0 bridgehead atoms. The molecule has 0 N–H and O–H groups in total. The van der Waals surface area contributed by atoms with E-state index < -0.39 is 11.9 Å². The Kier molecular flexibility index (Phi) is 3.87. The molecule has 0 aliphatic heterocycles. The number of pyridine rings is 1. The van der Waals surface area contributed by atoms with Crippen LogP contribution < -0.4 is 5.11 Å². The summed E-state index contributed by atoms with van der Waals surface area (Å²) < 4.78 is 5.05. The minimum absolute atomic E-state index is 0.0171. The van der Waals surface area contributed by atoms with Crippen LogP contribution in [-0.2, 0) is 11.3 Å². The summed E-state index contributed by atoms with van der Waals surface area (Å²) in [6.07, 6.45) is 3.16. The number of hydrogen-bond donors (Lipinski definition) is 0. The third-order valence-corrected chi connectivity index (χ3v) is 2.49. The largest absolute Gasteiger partial charge is 0.545 e. The Labute approximate surface area is 109 Å². The van der Waals surface area contributed by atoms with Crippen molar-refractivity contribution in [2.45, 2.75) is 6.61 Å². The zero-order valence-electron chi connectivity index (χ0n) is 9.91. The number of rotatable bonds is 4. The fraction of sp³-hybridized carbons (Fsp3) is 0.0714. The van der Waals surface area contributed by atoms with E-state index in [9.17, 15) is 14.7 Å². The van der Waals surface area contributed by atoms with Crippen LogP contribution in [0.2, 0.25) is 0 Å². The van der Waals surface area contributed by atoms with Gasteiger partial charge in [-0.2, -0.15) is 0 Å². The van der Waals surface area contributed by atoms with E-state index in [0.717, 1.165) is 5.56 Å². The van der Waals surface area contributed by atoms with Crippen LogP contribution >= 0.6 is 0 Å². The van der Waals surface area contributed by atoms with Gasteiger partial charge in [-0.25, -0.2) is 4.79 Å². The topological polar surface area (TPSA) is 79.3 Å². The van der Waals surface area contributed by atoms with Crippen LogP contribution in [0.15, 0.2) is 48.8 Å². The first-order valence-electron chi connectivity index (χ1n) is 5.55. The molecule has 0 saturated heterocycles. The van der Waals surface area contributed by atoms with Gasteiger partial charge in [-0.05, 0) is 23.8 Å². The van der Waals surface area contributed by atoms with E-state index in [4.69, 9.17) is 4.74 Å². The highest BCUT2D eigenvalue weighted by atomic mass is 16.5. The summed E-state index contributed by atoms with van der Waals surface area (Å²) in [5.41, 5.74) is 0.577. The first-order valence-corrected chi connectivity index (χ1v) is 5.55. The number of aromatic carboxylic acids is 1. The molecule has 0 aliphatic carbocycles. The van der Waals surface area contributed by atoms with Gasteiger partial charge in [0.2, 0.25) is 0 Å². The quantitative estimate of drug-likeness (QED) is 0.756. The summed E-state index contributed by atoms with van der Waals surface area (Å²) in [7, 11) is 0. The lowest BCUT2D eigenvalue weighted by Gasteiger charge is -2.09. The third kappa shape index (κ3) is 3.16. The number of ether oxygens (including phenoxy) is 1. The highest BCUT2D eigenvalue weighted by molar-refractivity contribution is 6.01. The number of nitrogens with zero attached hydrogens (tertiary/aromatic N) is 1. The second kappa shape index (κ2) is 5.77. The van der Waals surface area contributed by atoms with Crippen molar-refractivity contribution in [2.24, 2.45) is 0 Å². The smallest absolute Gasteiger partial charge is 0.339 e. The maximum Gasteiger partial charge on any atom is 0.339 e. The number of esters is 1. The van der Waals surface area contributed by atoms with Gasteiger partial charge in [0.15, 0.2) is 0 Å². The van der Waals surface area contributed by atoms with Gasteiger partial charge >= 0.3 is 5.97 Å². The van der Waals surface area contributed by atoms with Gasteiger partial charge in [0.1, 0.15) is 6.61 Å². The Morgan fingerprint density at radius 1 is 1.05 bits per heavy atom. The van der Waals surface area contributed by atoms with Crippen LogP contribution in [-0.4, -0.2) is 16.9 Å². The molecule has 0 unspecified atom stereocenters. The van der Waals surface area contributed by atoms with E-state index in [-0.39, 0.29) is 17.7 Å². The van der Waals surface area contributed by atoms with Crippen molar-refractivity contribution in [3.63, 3.8) is 0 Å². The number of carboxylic acid groups (broad SMARTS) is 1. The molecule has 0 aliphatic rings. The van der Waals surface area contributed by atoms with Crippen LogP contribution in [0.3, 0.4) is 0 Å². The van der Waals surface area contributed by atoms with E-state index in [1.165, 1.54) is 18.2 Å². The maximum absolute atomic E-state index is 11.8. The lowest BCUT2D eigenvalue weighted by atomic mass is 10.1. The Hall–Kier alpha value is -2.69. The zero-order chi connectivity index (χ0) is 13.7. The standard InChI is InChI=1S/C14H11NO4/c16-13(17)11-3-1-2-4-12(11)14(18)19-9-10-5-7-15-8-6-10/h1-8H,9H2,(H,16,17)/p-1. The van der Waals surface area contributed by atoms with Crippen molar-refractivity contribution in [3.05, 3.63) is 65.5 Å². The van der Waals surface area contributed by atoms with Crippen LogP contribution in [0.4, 0.5) is 0 Å². The second-order valence-electron chi connectivity index (χ2n) is 3.76. The van der Waals surface area contributed by atoms with Crippen LogP contribution in [0.25, 0.3) is 0 Å². The van der Waals surface area contributed by atoms with E-state index >= 15 is 0 Å². The highest BCUT2D eigenvalue weighted by Crippen LogP contribution is 2.11. The Balaban J connectivity index is 2.10. The molecule has 0 saturated carbocycles. The fourth-order valence-corrected chi connectivity index (χ4v) is 1.54. The fourth-order valence-electron chi connectivity index (χ4n) is 1.54. The van der Waals surface area contributed by atoms with Gasteiger partial charge in [0.25, 0.3) is 0 Å². The van der Waals surface area contributed by atoms with Crippen molar-refractivity contribution in [1.82, 2.24) is 4.98 Å². The molecule has 0 radical (unpaired) electrons. The third-order valence-electron chi connectivity index (χ3n) is 2.49. The minimum atomic E-state index is -1.41. The van der Waals surface area contributed by atoms with Gasteiger partial charge in [-0.3, -0.25) is 4.98 Å². The van der Waals surface area contributed by atoms with Gasteiger partial charge in [-0.1, -0.05) is 18.2 Å². The molecule has 1 heterocycles. The second-order valence-corrected chi connectivity index (χ2v) is 3.76. The summed E-state index contributed by atoms with van der Waals surface area (Å²) in [5, 5.41) is 10.9. The molecule has 1 aromatic heterocycles. The molecule has 96 valence electrons. The van der Waals surface area contributed by atoms with Crippen molar-refractivity contribution < 1.29 is 19.4 Å². The van der Waals surface area contributed by atoms with Crippen LogP contribution in [0.5, 0.6) is 0 Å². The average Bonchev–Trinajstić information content (AvgIpc) is 2.46. The lowest BCUT2D eigenvalue weighted by Crippen LogP contribution is -2.25. The summed E-state index contributed by atoms with van der Waals surface area (Å²) in [6.45, 7) is 0.0583. The molecule has 1 aromatic carbocycles. The molecule has 19 heavy (non-hydrogen) atoms. The minimum Gasteiger partial charge on any atom is -0.545 e. The molecule has 5 heteroatoms. The Morgan fingerprint density at radius 2 is 1.68 bits per heavy atom. The SMILES string of the molecule is O=C([O-])c1ccccc1C(=O)OCc1ccncc1. The maximum atomic E-state index is 11.8. The van der Waals surface area contributed by atoms with Crippen LogP contribution in [0.1, 0.15) is 26.3 Å². The van der Waals surface area contributed by atoms with Gasteiger partial charge in [0.05, 0.1) is 11.5 Å². The average molecular weight is 256 g/mol. The monoisotopic (exact) mass is 256 g/mol. The number of hydrogen-bond acceptors (Lipinski definition) is 5. The summed E-state index contributed by atoms with van der Waals surface area (Å²) in [5.74, 6) is -2.10. The molecule has 5 nitrogen and oxygen atoms in total. The first kappa shape index (κ1) is 12.8. The Bertz CT molecular complexity index is 595. The van der Waals surface area contributed by atoms with Gasteiger partial charge in [-0.15, -0.1) is 0 Å². The predicted octanol–water partition coefficient (Wildman–Crippen LogP) is 0.802. The summed E-state index contributed by atoms with van der Waals surface area (Å²) >= 11 is 0. The first-order chi connectivity index (χ1) is 9.18. The van der Waals surface area contributed by atoms with Crippen molar-refractivity contribution >= 4 is 11.9 Å². The molecule has 0 amide bonds. The highest BCUT2D eigenvalue weighted by Gasteiger charge is 2.12. The van der Waals surface area contributed by atoms with Crippen molar-refractivity contribution in [1.29, 1.82) is 0 Å². The van der Waals surface area contributed by atoms with E-state index in [1.807, 2.05) is 0 Å². The number of aromatic nitrogens is 1.